The molecule has 0 fully saturated rings. The summed E-state index contributed by atoms with van der Waals surface area (Å²) >= 11 is 5.81. The Bertz CT molecular complexity index is 871. The molecular formula is C20H19ClN4O2. The van der Waals surface area contributed by atoms with Crippen molar-refractivity contribution in [1.82, 2.24) is 10.2 Å². The van der Waals surface area contributed by atoms with Gasteiger partial charge in [-0.2, -0.15) is 0 Å². The Hall–Kier alpha value is -3.12. The fourth-order valence-corrected chi connectivity index (χ4v) is 2.52. The summed E-state index contributed by atoms with van der Waals surface area (Å²) in [6.07, 6.45) is 0. The van der Waals surface area contributed by atoms with Crippen molar-refractivity contribution in [2.45, 2.75) is 6.54 Å². The van der Waals surface area contributed by atoms with Crippen LogP contribution in [0.2, 0.25) is 5.02 Å². The summed E-state index contributed by atoms with van der Waals surface area (Å²) in [5, 5.41) is 11.5. The molecule has 0 aliphatic rings. The standard InChI is InChI=1S/C20H19ClN4O2/c1-25(13-15-5-3-2-4-6-15)19-12-11-18(23-24-19)22-20(26)14-27-17-9-7-16(21)8-10-17/h2-12H,13-14H2,1H3,(H,22,23,26). The van der Waals surface area contributed by atoms with Gasteiger partial charge in [-0.3, -0.25) is 4.79 Å². The maximum atomic E-state index is 12.0. The molecule has 7 heteroatoms. The number of nitrogens with one attached hydrogen (secondary N) is 1. The first kappa shape index (κ1) is 18.7. The Morgan fingerprint density at radius 1 is 1.04 bits per heavy atom. The van der Waals surface area contributed by atoms with Gasteiger partial charge in [0, 0.05) is 18.6 Å². The molecule has 0 atom stereocenters. The number of benzene rings is 2. The molecule has 0 aliphatic heterocycles. The fourth-order valence-electron chi connectivity index (χ4n) is 2.39. The van der Waals surface area contributed by atoms with Crippen LogP contribution in [0.3, 0.4) is 0 Å². The van der Waals surface area contributed by atoms with E-state index in [4.69, 9.17) is 16.3 Å². The zero-order valence-electron chi connectivity index (χ0n) is 14.8. The van der Waals surface area contributed by atoms with Crippen LogP contribution >= 0.6 is 11.6 Å². The van der Waals surface area contributed by atoms with Crippen LogP contribution in [0.1, 0.15) is 5.56 Å². The molecule has 3 rings (SSSR count). The fraction of sp³-hybridized carbons (Fsp3) is 0.150. The highest BCUT2D eigenvalue weighted by Crippen LogP contribution is 2.16. The number of rotatable bonds is 7. The highest BCUT2D eigenvalue weighted by Gasteiger charge is 2.08. The zero-order chi connectivity index (χ0) is 19.1. The first-order valence-electron chi connectivity index (χ1n) is 8.37. The number of hydrogen-bond donors (Lipinski definition) is 1. The molecule has 0 radical (unpaired) electrons. The van der Waals surface area contributed by atoms with Gasteiger partial charge in [-0.25, -0.2) is 0 Å². The Kier molecular flexibility index (Phi) is 6.22. The monoisotopic (exact) mass is 382 g/mol. The van der Waals surface area contributed by atoms with Gasteiger partial charge in [-0.1, -0.05) is 41.9 Å². The van der Waals surface area contributed by atoms with Crippen molar-refractivity contribution in [3.8, 4) is 5.75 Å². The van der Waals surface area contributed by atoms with Crippen molar-refractivity contribution in [3.05, 3.63) is 77.3 Å². The average Bonchev–Trinajstić information content (AvgIpc) is 2.69. The van der Waals surface area contributed by atoms with Crippen LogP contribution in [0.15, 0.2) is 66.7 Å². The van der Waals surface area contributed by atoms with E-state index >= 15 is 0 Å². The summed E-state index contributed by atoms with van der Waals surface area (Å²) < 4.78 is 5.40. The molecule has 1 heterocycles. The summed E-state index contributed by atoms with van der Waals surface area (Å²) in [5.74, 6) is 1.34. The molecule has 0 spiro atoms. The third kappa shape index (κ3) is 5.69. The van der Waals surface area contributed by atoms with Gasteiger partial charge in [0.15, 0.2) is 18.2 Å². The summed E-state index contributed by atoms with van der Waals surface area (Å²) in [6.45, 7) is 0.592. The van der Waals surface area contributed by atoms with Crippen LogP contribution in [0, 0.1) is 0 Å². The maximum absolute atomic E-state index is 12.0. The summed E-state index contributed by atoms with van der Waals surface area (Å²) in [5.41, 5.74) is 1.18. The molecular weight excluding hydrogens is 364 g/mol. The van der Waals surface area contributed by atoms with Gasteiger partial charge in [0.2, 0.25) is 0 Å². The van der Waals surface area contributed by atoms with E-state index in [1.165, 1.54) is 5.56 Å². The molecule has 1 amide bonds. The van der Waals surface area contributed by atoms with E-state index in [1.807, 2.05) is 36.2 Å². The Labute approximate surface area is 162 Å². The highest BCUT2D eigenvalue weighted by atomic mass is 35.5. The van der Waals surface area contributed by atoms with E-state index in [2.05, 4.69) is 27.6 Å². The number of carbonyl (C=O) groups excluding carboxylic acids is 1. The van der Waals surface area contributed by atoms with E-state index < -0.39 is 0 Å². The smallest absolute Gasteiger partial charge is 0.263 e. The van der Waals surface area contributed by atoms with Gasteiger partial charge in [-0.15, -0.1) is 10.2 Å². The van der Waals surface area contributed by atoms with Crippen LogP contribution in [0.5, 0.6) is 5.75 Å². The summed E-state index contributed by atoms with van der Waals surface area (Å²) in [7, 11) is 1.94. The molecule has 0 unspecified atom stereocenters. The number of carbonyl (C=O) groups is 1. The van der Waals surface area contributed by atoms with Crippen molar-refractivity contribution in [1.29, 1.82) is 0 Å². The molecule has 2 aromatic carbocycles. The van der Waals surface area contributed by atoms with Crippen LogP contribution < -0.4 is 15.0 Å². The maximum Gasteiger partial charge on any atom is 0.263 e. The molecule has 0 aliphatic carbocycles. The number of anilines is 2. The lowest BCUT2D eigenvalue weighted by molar-refractivity contribution is -0.118. The first-order valence-corrected chi connectivity index (χ1v) is 8.75. The highest BCUT2D eigenvalue weighted by molar-refractivity contribution is 6.30. The Balaban J connectivity index is 1.50. The lowest BCUT2D eigenvalue weighted by Gasteiger charge is -2.17. The van der Waals surface area contributed by atoms with Crippen molar-refractivity contribution < 1.29 is 9.53 Å². The lowest BCUT2D eigenvalue weighted by Crippen LogP contribution is -2.22. The second-order valence-electron chi connectivity index (χ2n) is 5.91. The third-order valence-corrected chi connectivity index (χ3v) is 4.01. The first-order chi connectivity index (χ1) is 13.1. The summed E-state index contributed by atoms with van der Waals surface area (Å²) in [4.78, 5) is 14.0. The third-order valence-electron chi connectivity index (χ3n) is 3.76. The Morgan fingerprint density at radius 2 is 1.78 bits per heavy atom. The zero-order valence-corrected chi connectivity index (χ0v) is 15.6. The minimum absolute atomic E-state index is 0.126. The second-order valence-corrected chi connectivity index (χ2v) is 6.35. The number of halogens is 1. The van der Waals surface area contributed by atoms with Crippen LogP contribution in [-0.2, 0) is 11.3 Å². The van der Waals surface area contributed by atoms with Gasteiger partial charge >= 0.3 is 0 Å². The van der Waals surface area contributed by atoms with Crippen molar-refractivity contribution >= 4 is 29.1 Å². The predicted octanol–water partition coefficient (Wildman–Crippen LogP) is 3.78. The van der Waals surface area contributed by atoms with Crippen molar-refractivity contribution in [2.24, 2.45) is 0 Å². The minimum Gasteiger partial charge on any atom is -0.484 e. The Morgan fingerprint density at radius 3 is 2.44 bits per heavy atom. The van der Waals surface area contributed by atoms with E-state index in [-0.39, 0.29) is 12.5 Å². The second kappa shape index (κ2) is 9.00. The molecule has 1 aromatic heterocycles. The van der Waals surface area contributed by atoms with E-state index in [1.54, 1.807) is 30.3 Å². The molecule has 3 aromatic rings. The van der Waals surface area contributed by atoms with Crippen LogP contribution in [0.25, 0.3) is 0 Å². The molecule has 27 heavy (non-hydrogen) atoms. The predicted molar refractivity (Wildman–Crippen MR) is 106 cm³/mol. The number of ether oxygens (including phenoxy) is 1. The number of aromatic nitrogens is 2. The molecule has 0 bridgehead atoms. The largest absolute Gasteiger partial charge is 0.484 e. The van der Waals surface area contributed by atoms with E-state index in [0.29, 0.717) is 22.4 Å². The lowest BCUT2D eigenvalue weighted by atomic mass is 10.2. The van der Waals surface area contributed by atoms with Gasteiger partial charge < -0.3 is 15.0 Å². The normalized spacial score (nSPS) is 10.3. The molecule has 0 saturated carbocycles. The number of amides is 1. The molecule has 1 N–H and O–H groups in total. The van der Waals surface area contributed by atoms with Gasteiger partial charge in [0.1, 0.15) is 5.75 Å². The molecule has 6 nitrogen and oxygen atoms in total. The number of nitrogens with zero attached hydrogens (tertiary/aromatic N) is 3. The van der Waals surface area contributed by atoms with Gasteiger partial charge in [0.05, 0.1) is 0 Å². The minimum atomic E-state index is -0.315. The van der Waals surface area contributed by atoms with Gasteiger partial charge in [0.25, 0.3) is 5.91 Å². The van der Waals surface area contributed by atoms with Crippen LogP contribution in [0.4, 0.5) is 11.6 Å². The van der Waals surface area contributed by atoms with Crippen molar-refractivity contribution in [2.75, 3.05) is 23.9 Å². The average molecular weight is 383 g/mol. The summed E-state index contributed by atoms with van der Waals surface area (Å²) in [6, 6.07) is 20.4. The van der Waals surface area contributed by atoms with E-state index in [0.717, 1.165) is 6.54 Å². The van der Waals surface area contributed by atoms with E-state index in [9.17, 15) is 4.79 Å². The van der Waals surface area contributed by atoms with Crippen molar-refractivity contribution in [3.63, 3.8) is 0 Å². The SMILES string of the molecule is CN(Cc1ccccc1)c1ccc(NC(=O)COc2ccc(Cl)cc2)nn1. The topological polar surface area (TPSA) is 67.4 Å². The quantitative estimate of drug-likeness (QED) is 0.673. The van der Waals surface area contributed by atoms with Crippen LogP contribution in [-0.4, -0.2) is 29.8 Å². The molecule has 0 saturated heterocycles. The number of hydrogen-bond acceptors (Lipinski definition) is 5. The van der Waals surface area contributed by atoms with Gasteiger partial charge in [-0.05, 0) is 42.0 Å². The molecule has 138 valence electrons.